The predicted octanol–water partition coefficient (Wildman–Crippen LogP) is 4.24. The van der Waals surface area contributed by atoms with Crippen LogP contribution in [0.1, 0.15) is 52.0 Å². The first kappa shape index (κ1) is 15.7. The van der Waals surface area contributed by atoms with E-state index in [4.69, 9.17) is 4.74 Å². The molecule has 0 spiro atoms. The number of thiophene rings is 1. The van der Waals surface area contributed by atoms with Gasteiger partial charge in [0.05, 0.1) is 12.1 Å². The minimum Gasteiger partial charge on any atom is -0.376 e. The van der Waals surface area contributed by atoms with Crippen molar-refractivity contribution in [1.82, 2.24) is 5.32 Å². The number of nitrogens with one attached hydrogen (secondary N) is 1. The van der Waals surface area contributed by atoms with Gasteiger partial charge >= 0.3 is 0 Å². The van der Waals surface area contributed by atoms with Crippen LogP contribution in [0.4, 0.5) is 0 Å². The maximum atomic E-state index is 6.03. The maximum Gasteiger partial charge on any atom is 0.0825 e. The number of ether oxygens (including phenoxy) is 1. The van der Waals surface area contributed by atoms with Crippen LogP contribution in [0.2, 0.25) is 0 Å². The zero-order valence-electron chi connectivity index (χ0n) is 12.3. The minimum atomic E-state index is 0.130. The Hall–Kier alpha value is -0.380. The van der Waals surface area contributed by atoms with Gasteiger partial charge in [-0.05, 0) is 36.8 Å². The van der Waals surface area contributed by atoms with Crippen LogP contribution in [0.5, 0.6) is 0 Å². The third kappa shape index (κ3) is 4.38. The third-order valence-corrected chi connectivity index (χ3v) is 3.92. The Morgan fingerprint density at radius 1 is 1.33 bits per heavy atom. The van der Waals surface area contributed by atoms with Gasteiger partial charge in [0.2, 0.25) is 0 Å². The molecule has 0 aliphatic carbocycles. The van der Waals surface area contributed by atoms with Crippen LogP contribution in [0.25, 0.3) is 0 Å². The molecule has 0 bridgehead atoms. The van der Waals surface area contributed by atoms with Crippen LogP contribution >= 0.6 is 11.3 Å². The maximum absolute atomic E-state index is 6.03. The SMILES string of the molecule is CCCNC(c1cccs1)C(OCC)C(C)(C)C. The van der Waals surface area contributed by atoms with Crippen molar-refractivity contribution in [2.75, 3.05) is 13.2 Å². The predicted molar refractivity (Wildman–Crippen MR) is 80.2 cm³/mol. The van der Waals surface area contributed by atoms with Crippen molar-refractivity contribution >= 4 is 11.3 Å². The molecule has 0 aromatic carbocycles. The summed E-state index contributed by atoms with van der Waals surface area (Å²) in [5, 5.41) is 5.79. The second-order valence-electron chi connectivity index (χ2n) is 5.69. The summed E-state index contributed by atoms with van der Waals surface area (Å²) in [6, 6.07) is 4.62. The molecule has 1 heterocycles. The Kier molecular flexibility index (Phi) is 6.33. The van der Waals surface area contributed by atoms with E-state index >= 15 is 0 Å². The number of hydrogen-bond donors (Lipinski definition) is 1. The lowest BCUT2D eigenvalue weighted by Gasteiger charge is -2.37. The van der Waals surface area contributed by atoms with E-state index in [1.54, 1.807) is 0 Å². The molecule has 1 N–H and O–H groups in total. The molecule has 2 unspecified atom stereocenters. The van der Waals surface area contributed by atoms with Crippen molar-refractivity contribution in [1.29, 1.82) is 0 Å². The molecule has 1 rings (SSSR count). The average molecular weight is 269 g/mol. The zero-order chi connectivity index (χ0) is 13.6. The zero-order valence-corrected chi connectivity index (χ0v) is 13.1. The molecular weight excluding hydrogens is 242 g/mol. The van der Waals surface area contributed by atoms with Gasteiger partial charge in [0.15, 0.2) is 0 Å². The van der Waals surface area contributed by atoms with Gasteiger partial charge in [-0.1, -0.05) is 33.8 Å². The molecule has 18 heavy (non-hydrogen) atoms. The number of rotatable bonds is 7. The van der Waals surface area contributed by atoms with Crippen molar-refractivity contribution in [3.8, 4) is 0 Å². The monoisotopic (exact) mass is 269 g/mol. The first-order valence-electron chi connectivity index (χ1n) is 6.89. The lowest BCUT2D eigenvalue weighted by Crippen LogP contribution is -2.42. The Balaban J connectivity index is 2.91. The fraction of sp³-hybridized carbons (Fsp3) is 0.733. The summed E-state index contributed by atoms with van der Waals surface area (Å²) >= 11 is 1.81. The molecular formula is C15H27NOS. The van der Waals surface area contributed by atoms with E-state index in [0.29, 0.717) is 6.04 Å². The molecule has 104 valence electrons. The van der Waals surface area contributed by atoms with Gasteiger partial charge in [0.1, 0.15) is 0 Å². The molecule has 2 atom stereocenters. The normalized spacial score (nSPS) is 15.6. The Morgan fingerprint density at radius 3 is 2.50 bits per heavy atom. The topological polar surface area (TPSA) is 21.3 Å². The van der Waals surface area contributed by atoms with Gasteiger partial charge in [-0.2, -0.15) is 0 Å². The van der Waals surface area contributed by atoms with E-state index in [1.807, 2.05) is 11.3 Å². The van der Waals surface area contributed by atoms with Crippen LogP contribution in [0.3, 0.4) is 0 Å². The van der Waals surface area contributed by atoms with Crippen molar-refractivity contribution in [3.05, 3.63) is 22.4 Å². The van der Waals surface area contributed by atoms with Crippen molar-refractivity contribution in [3.63, 3.8) is 0 Å². The van der Waals surface area contributed by atoms with Gasteiger partial charge in [-0.3, -0.25) is 0 Å². The van der Waals surface area contributed by atoms with Gasteiger partial charge in [-0.25, -0.2) is 0 Å². The second-order valence-corrected chi connectivity index (χ2v) is 6.67. The van der Waals surface area contributed by atoms with Crippen LogP contribution < -0.4 is 5.32 Å². The molecule has 0 aliphatic rings. The van der Waals surface area contributed by atoms with Crippen LogP contribution in [-0.4, -0.2) is 19.3 Å². The van der Waals surface area contributed by atoms with Crippen LogP contribution in [0.15, 0.2) is 17.5 Å². The highest BCUT2D eigenvalue weighted by molar-refractivity contribution is 7.10. The summed E-state index contributed by atoms with van der Waals surface area (Å²) in [5.41, 5.74) is 0.130. The minimum absolute atomic E-state index is 0.130. The fourth-order valence-corrected chi connectivity index (χ4v) is 2.98. The molecule has 0 aliphatic heterocycles. The summed E-state index contributed by atoms with van der Waals surface area (Å²) in [6.07, 6.45) is 1.35. The van der Waals surface area contributed by atoms with Gasteiger partial charge < -0.3 is 10.1 Å². The van der Waals surface area contributed by atoms with Crippen LogP contribution in [0, 0.1) is 5.41 Å². The van der Waals surface area contributed by atoms with E-state index in [1.165, 1.54) is 4.88 Å². The molecule has 0 fully saturated rings. The lowest BCUT2D eigenvalue weighted by atomic mass is 9.83. The largest absolute Gasteiger partial charge is 0.376 e. The Morgan fingerprint density at radius 2 is 2.06 bits per heavy atom. The molecule has 0 amide bonds. The second kappa shape index (κ2) is 7.27. The first-order chi connectivity index (χ1) is 8.50. The van der Waals surface area contributed by atoms with Gasteiger partial charge in [0.25, 0.3) is 0 Å². The molecule has 3 heteroatoms. The molecule has 1 aromatic heterocycles. The standard InChI is InChI=1S/C15H27NOS/c1-6-10-16-13(12-9-8-11-18-12)14(17-7-2)15(3,4)5/h8-9,11,13-14,16H,6-7,10H2,1-5H3. The third-order valence-electron chi connectivity index (χ3n) is 2.97. The summed E-state index contributed by atoms with van der Waals surface area (Å²) in [7, 11) is 0. The fourth-order valence-electron chi connectivity index (χ4n) is 2.15. The van der Waals surface area contributed by atoms with Gasteiger partial charge in [0, 0.05) is 11.5 Å². The van der Waals surface area contributed by atoms with Crippen molar-refractivity contribution < 1.29 is 4.74 Å². The van der Waals surface area contributed by atoms with E-state index < -0.39 is 0 Å². The first-order valence-corrected chi connectivity index (χ1v) is 7.77. The summed E-state index contributed by atoms with van der Waals surface area (Å²) in [4.78, 5) is 1.37. The van der Waals surface area contributed by atoms with Crippen molar-refractivity contribution in [2.24, 2.45) is 5.41 Å². The number of hydrogen-bond acceptors (Lipinski definition) is 3. The Labute approximate surface area is 116 Å². The summed E-state index contributed by atoms with van der Waals surface area (Å²) in [6.45, 7) is 12.8. The Bertz CT molecular complexity index is 316. The van der Waals surface area contributed by atoms with Gasteiger partial charge in [-0.15, -0.1) is 11.3 Å². The molecule has 0 saturated carbocycles. The smallest absolute Gasteiger partial charge is 0.0825 e. The lowest BCUT2D eigenvalue weighted by molar-refractivity contribution is -0.0358. The van der Waals surface area contributed by atoms with E-state index in [0.717, 1.165) is 19.6 Å². The highest BCUT2D eigenvalue weighted by Gasteiger charge is 2.34. The van der Waals surface area contributed by atoms with E-state index in [9.17, 15) is 0 Å². The van der Waals surface area contributed by atoms with E-state index in [-0.39, 0.29) is 11.5 Å². The van der Waals surface area contributed by atoms with Crippen molar-refractivity contribution in [2.45, 2.75) is 53.2 Å². The highest BCUT2D eigenvalue weighted by Crippen LogP contribution is 2.34. The molecule has 1 aromatic rings. The molecule has 2 nitrogen and oxygen atoms in total. The average Bonchev–Trinajstić information content (AvgIpc) is 2.80. The molecule has 0 radical (unpaired) electrons. The summed E-state index contributed by atoms with van der Waals surface area (Å²) < 4.78 is 6.03. The quantitative estimate of drug-likeness (QED) is 0.799. The highest BCUT2D eigenvalue weighted by atomic mass is 32.1. The molecule has 0 saturated heterocycles. The van der Waals surface area contributed by atoms with Crippen LogP contribution in [-0.2, 0) is 4.74 Å². The summed E-state index contributed by atoms with van der Waals surface area (Å²) in [5.74, 6) is 0. The van der Waals surface area contributed by atoms with E-state index in [2.05, 4.69) is 57.4 Å².